The first-order chi connectivity index (χ1) is 8.66. The van der Waals surface area contributed by atoms with Crippen LogP contribution in [0.25, 0.3) is 0 Å². The van der Waals surface area contributed by atoms with Gasteiger partial charge in [-0.3, -0.25) is 9.78 Å². The van der Waals surface area contributed by atoms with Gasteiger partial charge >= 0.3 is 0 Å². The largest absolute Gasteiger partial charge is 0.393 e. The van der Waals surface area contributed by atoms with Crippen molar-refractivity contribution in [1.29, 1.82) is 0 Å². The van der Waals surface area contributed by atoms with Crippen LogP contribution in [-0.2, 0) is 0 Å². The third kappa shape index (κ3) is 1.81. The van der Waals surface area contributed by atoms with Gasteiger partial charge in [-0.25, -0.2) is 0 Å². The number of hydrogen-bond acceptors (Lipinski definition) is 3. The molecule has 2 fully saturated rings. The second-order valence-corrected chi connectivity index (χ2v) is 5.45. The van der Waals surface area contributed by atoms with Gasteiger partial charge in [0.05, 0.1) is 6.10 Å². The molecule has 18 heavy (non-hydrogen) atoms. The molecule has 3 unspecified atom stereocenters. The Balaban J connectivity index is 1.78. The van der Waals surface area contributed by atoms with Gasteiger partial charge in [0, 0.05) is 25.2 Å². The summed E-state index contributed by atoms with van der Waals surface area (Å²) in [7, 11) is 0. The molecule has 3 rings (SSSR count). The number of carbonyl (C=O) groups excluding carboxylic acids is 1. The van der Waals surface area contributed by atoms with Gasteiger partial charge in [-0.15, -0.1) is 0 Å². The minimum Gasteiger partial charge on any atom is -0.393 e. The molecular formula is C14H18N2O2. The number of fused-ring (bicyclic) bond motifs is 1. The molecule has 2 heterocycles. The van der Waals surface area contributed by atoms with Crippen LogP contribution in [0.2, 0.25) is 0 Å². The maximum absolute atomic E-state index is 12.4. The van der Waals surface area contributed by atoms with Crippen molar-refractivity contribution in [3.05, 3.63) is 29.6 Å². The first-order valence-electron chi connectivity index (χ1n) is 6.56. The maximum atomic E-state index is 12.4. The molecule has 4 heteroatoms. The molecule has 3 atom stereocenters. The molecule has 0 radical (unpaired) electrons. The van der Waals surface area contributed by atoms with E-state index >= 15 is 0 Å². The van der Waals surface area contributed by atoms with Gasteiger partial charge < -0.3 is 10.0 Å². The Hall–Kier alpha value is -1.42. The van der Waals surface area contributed by atoms with E-state index in [0.717, 1.165) is 24.9 Å². The lowest BCUT2D eigenvalue weighted by atomic mass is 10.00. The zero-order valence-corrected chi connectivity index (χ0v) is 10.5. The van der Waals surface area contributed by atoms with Crippen molar-refractivity contribution < 1.29 is 9.90 Å². The second kappa shape index (κ2) is 4.35. The first-order valence-corrected chi connectivity index (χ1v) is 6.56. The summed E-state index contributed by atoms with van der Waals surface area (Å²) in [6.45, 7) is 3.36. The molecule has 2 aliphatic rings. The lowest BCUT2D eigenvalue weighted by Crippen LogP contribution is -2.32. The highest BCUT2D eigenvalue weighted by Gasteiger charge is 2.43. The number of aromatic nitrogens is 1. The van der Waals surface area contributed by atoms with E-state index in [9.17, 15) is 9.90 Å². The summed E-state index contributed by atoms with van der Waals surface area (Å²) < 4.78 is 0. The van der Waals surface area contributed by atoms with Crippen molar-refractivity contribution in [2.45, 2.75) is 25.9 Å². The highest BCUT2D eigenvalue weighted by Crippen LogP contribution is 2.38. The summed E-state index contributed by atoms with van der Waals surface area (Å²) in [6, 6.07) is 3.75. The number of aliphatic hydroxyl groups excluding tert-OH is 1. The normalized spacial score (nSPS) is 30.6. The third-order valence-electron chi connectivity index (χ3n) is 4.32. The molecule has 1 saturated carbocycles. The lowest BCUT2D eigenvalue weighted by Gasteiger charge is -2.18. The smallest absolute Gasteiger partial charge is 0.272 e. The fourth-order valence-corrected chi connectivity index (χ4v) is 3.26. The molecule has 1 aliphatic heterocycles. The van der Waals surface area contributed by atoms with Crippen LogP contribution in [0.5, 0.6) is 0 Å². The van der Waals surface area contributed by atoms with Crippen molar-refractivity contribution >= 4 is 5.91 Å². The highest BCUT2D eigenvalue weighted by atomic mass is 16.3. The van der Waals surface area contributed by atoms with Crippen molar-refractivity contribution in [3.63, 3.8) is 0 Å². The molecule has 1 aromatic heterocycles. The van der Waals surface area contributed by atoms with Gasteiger partial charge in [-0.1, -0.05) is 6.07 Å². The van der Waals surface area contributed by atoms with Gasteiger partial charge in [0.2, 0.25) is 0 Å². The fraction of sp³-hybridized carbons (Fsp3) is 0.571. The Morgan fingerprint density at radius 1 is 1.44 bits per heavy atom. The van der Waals surface area contributed by atoms with Crippen LogP contribution in [0.15, 0.2) is 18.3 Å². The molecule has 1 amide bonds. The molecule has 0 aromatic carbocycles. The number of rotatable bonds is 1. The predicted octanol–water partition coefficient (Wildman–Crippen LogP) is 1.23. The average Bonchev–Trinajstić information content (AvgIpc) is 2.92. The van der Waals surface area contributed by atoms with Crippen LogP contribution in [0.3, 0.4) is 0 Å². The summed E-state index contributed by atoms with van der Waals surface area (Å²) in [4.78, 5) is 18.4. The Morgan fingerprint density at radius 2 is 2.28 bits per heavy atom. The topological polar surface area (TPSA) is 53.4 Å². The van der Waals surface area contributed by atoms with Gasteiger partial charge in [-0.05, 0) is 37.3 Å². The summed E-state index contributed by atoms with van der Waals surface area (Å²) in [5, 5.41) is 9.87. The van der Waals surface area contributed by atoms with Crippen LogP contribution in [-0.4, -0.2) is 40.1 Å². The van der Waals surface area contributed by atoms with Crippen molar-refractivity contribution in [3.8, 4) is 0 Å². The monoisotopic (exact) mass is 246 g/mol. The number of aliphatic hydroxyl groups is 1. The number of pyridine rings is 1. The molecule has 96 valence electrons. The van der Waals surface area contributed by atoms with E-state index in [1.165, 1.54) is 0 Å². The van der Waals surface area contributed by atoms with Crippen molar-refractivity contribution in [1.82, 2.24) is 9.88 Å². The van der Waals surface area contributed by atoms with E-state index in [1.54, 1.807) is 6.20 Å². The Labute approximate surface area is 107 Å². The number of amides is 1. The molecule has 1 aliphatic carbocycles. The molecule has 1 aromatic rings. The SMILES string of the molecule is Cc1cccnc1C(=O)N1CC2CCC(O)C2C1. The summed E-state index contributed by atoms with van der Waals surface area (Å²) in [5.74, 6) is 0.764. The molecule has 0 spiro atoms. The van der Waals surface area contributed by atoms with E-state index in [1.807, 2.05) is 24.0 Å². The van der Waals surface area contributed by atoms with Gasteiger partial charge in [-0.2, -0.15) is 0 Å². The van der Waals surface area contributed by atoms with Crippen molar-refractivity contribution in [2.75, 3.05) is 13.1 Å². The van der Waals surface area contributed by atoms with E-state index in [0.29, 0.717) is 18.2 Å². The molecule has 0 bridgehead atoms. The Bertz CT molecular complexity index is 475. The van der Waals surface area contributed by atoms with Crippen molar-refractivity contribution in [2.24, 2.45) is 11.8 Å². The molecular weight excluding hydrogens is 228 g/mol. The number of aryl methyl sites for hydroxylation is 1. The van der Waals surface area contributed by atoms with Crippen LogP contribution < -0.4 is 0 Å². The van der Waals surface area contributed by atoms with E-state index < -0.39 is 0 Å². The quantitative estimate of drug-likeness (QED) is 0.811. The fourth-order valence-electron chi connectivity index (χ4n) is 3.26. The van der Waals surface area contributed by atoms with Crippen LogP contribution >= 0.6 is 0 Å². The Kier molecular flexibility index (Phi) is 2.82. The molecule has 4 nitrogen and oxygen atoms in total. The van der Waals surface area contributed by atoms with E-state index in [4.69, 9.17) is 0 Å². The van der Waals surface area contributed by atoms with E-state index in [-0.39, 0.29) is 17.9 Å². The number of hydrogen-bond donors (Lipinski definition) is 1. The van der Waals surface area contributed by atoms with Crippen LogP contribution in [0.4, 0.5) is 0 Å². The van der Waals surface area contributed by atoms with Crippen LogP contribution in [0.1, 0.15) is 28.9 Å². The number of likely N-dealkylation sites (tertiary alicyclic amines) is 1. The highest BCUT2D eigenvalue weighted by molar-refractivity contribution is 5.93. The average molecular weight is 246 g/mol. The summed E-state index contributed by atoms with van der Waals surface area (Å²) in [6.07, 6.45) is 3.36. The number of nitrogens with zero attached hydrogens (tertiary/aromatic N) is 2. The van der Waals surface area contributed by atoms with E-state index in [2.05, 4.69) is 4.98 Å². The van der Waals surface area contributed by atoms with Crippen LogP contribution in [0, 0.1) is 18.8 Å². The maximum Gasteiger partial charge on any atom is 0.272 e. The predicted molar refractivity (Wildman–Crippen MR) is 67.1 cm³/mol. The number of carbonyl (C=O) groups is 1. The molecule has 1 N–H and O–H groups in total. The minimum absolute atomic E-state index is 0.00898. The minimum atomic E-state index is -0.224. The summed E-state index contributed by atoms with van der Waals surface area (Å²) in [5.41, 5.74) is 1.46. The second-order valence-electron chi connectivity index (χ2n) is 5.45. The zero-order chi connectivity index (χ0) is 12.7. The Morgan fingerprint density at radius 3 is 3.00 bits per heavy atom. The lowest BCUT2D eigenvalue weighted by molar-refractivity contribution is 0.0746. The first kappa shape index (κ1) is 11.7. The molecule has 1 saturated heterocycles. The van der Waals surface area contributed by atoms with Gasteiger partial charge in [0.1, 0.15) is 5.69 Å². The zero-order valence-electron chi connectivity index (χ0n) is 10.5. The summed E-state index contributed by atoms with van der Waals surface area (Å²) >= 11 is 0. The van der Waals surface area contributed by atoms with Gasteiger partial charge in [0.15, 0.2) is 0 Å². The standard InChI is InChI=1S/C14H18N2O2/c1-9-3-2-6-15-13(9)14(18)16-7-10-4-5-12(17)11(10)8-16/h2-3,6,10-12,17H,4-5,7-8H2,1H3. The van der Waals surface area contributed by atoms with Gasteiger partial charge in [0.25, 0.3) is 5.91 Å². The third-order valence-corrected chi connectivity index (χ3v) is 4.32.